The summed E-state index contributed by atoms with van der Waals surface area (Å²) in [5.74, 6) is -1.39. The number of amides is 5. The molecule has 0 saturated carbocycles. The molecule has 0 aromatic heterocycles. The third kappa shape index (κ3) is 5.73. The van der Waals surface area contributed by atoms with Crippen LogP contribution in [-0.2, 0) is 16.0 Å². The molecule has 8 nitrogen and oxygen atoms in total. The number of nitrogens with one attached hydrogen (secondary N) is 3. The molecule has 5 amide bonds. The van der Waals surface area contributed by atoms with Gasteiger partial charge in [0.15, 0.2) is 0 Å². The molecule has 3 aromatic carbocycles. The number of hydrogen-bond acceptors (Lipinski definition) is 4. The van der Waals surface area contributed by atoms with Gasteiger partial charge in [0.25, 0.3) is 11.8 Å². The fraction of sp³-hybridized carbons (Fsp3) is 0.185. The summed E-state index contributed by atoms with van der Waals surface area (Å²) in [4.78, 5) is 51.6. The van der Waals surface area contributed by atoms with E-state index in [1.54, 1.807) is 24.3 Å². The van der Waals surface area contributed by atoms with Gasteiger partial charge in [0.2, 0.25) is 5.91 Å². The van der Waals surface area contributed by atoms with Crippen molar-refractivity contribution < 1.29 is 19.2 Å². The molecule has 4 rings (SSSR count). The van der Waals surface area contributed by atoms with Gasteiger partial charge in [-0.25, -0.2) is 4.79 Å². The first kappa shape index (κ1) is 23.7. The molecular weight excluding hydrogens is 444 g/mol. The van der Waals surface area contributed by atoms with E-state index in [0.717, 1.165) is 16.0 Å². The van der Waals surface area contributed by atoms with Gasteiger partial charge in [-0.3, -0.25) is 19.3 Å². The zero-order valence-corrected chi connectivity index (χ0v) is 19.2. The van der Waals surface area contributed by atoms with E-state index in [4.69, 9.17) is 0 Å². The standard InChI is InChI=1S/C27H26N4O4/c1-18(20-12-6-3-7-13-20)28-25(33)21-14-8-9-15-22(21)29-24(32)17-31-26(34)23(30-27(31)35)16-19-10-4-2-5-11-19/h2-15,18,23H,16-17H2,1H3,(H,28,33)(H,29,32)(H,30,35)/t18-,23+/m1/s1. The third-order valence-corrected chi connectivity index (χ3v) is 5.78. The molecule has 1 aliphatic heterocycles. The Morgan fingerprint density at radius 1 is 0.914 bits per heavy atom. The largest absolute Gasteiger partial charge is 0.345 e. The Morgan fingerprint density at radius 2 is 1.54 bits per heavy atom. The number of para-hydroxylation sites is 1. The summed E-state index contributed by atoms with van der Waals surface area (Å²) >= 11 is 0. The van der Waals surface area contributed by atoms with Gasteiger partial charge >= 0.3 is 6.03 Å². The van der Waals surface area contributed by atoms with Crippen LogP contribution in [0, 0.1) is 0 Å². The van der Waals surface area contributed by atoms with Crippen molar-refractivity contribution in [2.24, 2.45) is 0 Å². The van der Waals surface area contributed by atoms with E-state index in [-0.39, 0.29) is 17.5 Å². The topological polar surface area (TPSA) is 108 Å². The lowest BCUT2D eigenvalue weighted by molar-refractivity contribution is -0.130. The van der Waals surface area contributed by atoms with Crippen LogP contribution in [0.5, 0.6) is 0 Å². The Morgan fingerprint density at radius 3 is 2.26 bits per heavy atom. The highest BCUT2D eigenvalue weighted by molar-refractivity contribution is 6.09. The summed E-state index contributed by atoms with van der Waals surface area (Å²) in [7, 11) is 0. The number of imide groups is 1. The maximum absolute atomic E-state index is 12.9. The lowest BCUT2D eigenvalue weighted by atomic mass is 10.1. The number of hydrogen-bond donors (Lipinski definition) is 3. The van der Waals surface area contributed by atoms with Crippen LogP contribution >= 0.6 is 0 Å². The van der Waals surface area contributed by atoms with Gasteiger partial charge < -0.3 is 16.0 Å². The van der Waals surface area contributed by atoms with Crippen molar-refractivity contribution >= 4 is 29.4 Å². The Bertz CT molecular complexity index is 1230. The van der Waals surface area contributed by atoms with Gasteiger partial charge in [0.1, 0.15) is 12.6 Å². The minimum absolute atomic E-state index is 0.236. The summed E-state index contributed by atoms with van der Waals surface area (Å²) in [6.45, 7) is 1.42. The molecule has 0 spiro atoms. The van der Waals surface area contributed by atoms with Crippen LogP contribution in [0.15, 0.2) is 84.9 Å². The molecule has 1 saturated heterocycles. The number of anilines is 1. The second kappa shape index (κ2) is 10.6. The van der Waals surface area contributed by atoms with Crippen molar-refractivity contribution in [2.75, 3.05) is 11.9 Å². The molecule has 2 atom stereocenters. The minimum atomic E-state index is -0.727. The van der Waals surface area contributed by atoms with Crippen molar-refractivity contribution in [3.63, 3.8) is 0 Å². The van der Waals surface area contributed by atoms with Crippen LogP contribution in [-0.4, -0.2) is 41.2 Å². The fourth-order valence-electron chi connectivity index (χ4n) is 3.94. The van der Waals surface area contributed by atoms with Gasteiger partial charge in [0.05, 0.1) is 17.3 Å². The Balaban J connectivity index is 1.39. The fourth-order valence-corrected chi connectivity index (χ4v) is 3.94. The van der Waals surface area contributed by atoms with E-state index < -0.39 is 30.4 Å². The van der Waals surface area contributed by atoms with Crippen LogP contribution < -0.4 is 16.0 Å². The van der Waals surface area contributed by atoms with Gasteiger partial charge in [-0.1, -0.05) is 72.8 Å². The van der Waals surface area contributed by atoms with Crippen LogP contribution in [0.1, 0.15) is 34.5 Å². The predicted molar refractivity (Wildman–Crippen MR) is 132 cm³/mol. The first-order valence-electron chi connectivity index (χ1n) is 11.3. The summed E-state index contributed by atoms with van der Waals surface area (Å²) in [6.07, 6.45) is 0.339. The van der Waals surface area contributed by atoms with Gasteiger partial charge in [0, 0.05) is 6.42 Å². The maximum atomic E-state index is 12.9. The SMILES string of the molecule is C[C@@H](NC(=O)c1ccccc1NC(=O)CN1C(=O)N[C@@H](Cc2ccccc2)C1=O)c1ccccc1. The number of rotatable bonds is 8. The average Bonchev–Trinajstić information content (AvgIpc) is 3.12. The molecule has 0 unspecified atom stereocenters. The smallest absolute Gasteiger partial charge is 0.325 e. The highest BCUT2D eigenvalue weighted by Gasteiger charge is 2.38. The van der Waals surface area contributed by atoms with Crippen molar-refractivity contribution in [1.29, 1.82) is 0 Å². The van der Waals surface area contributed by atoms with E-state index in [1.165, 1.54) is 0 Å². The second-order valence-corrected chi connectivity index (χ2v) is 8.32. The summed E-state index contributed by atoms with van der Waals surface area (Å²) < 4.78 is 0. The van der Waals surface area contributed by atoms with Crippen LogP contribution in [0.4, 0.5) is 10.5 Å². The Labute approximate surface area is 203 Å². The van der Waals surface area contributed by atoms with Crippen molar-refractivity contribution in [1.82, 2.24) is 15.5 Å². The molecular formula is C27H26N4O4. The number of benzene rings is 3. The molecule has 3 N–H and O–H groups in total. The van der Waals surface area contributed by atoms with E-state index >= 15 is 0 Å². The van der Waals surface area contributed by atoms with Crippen LogP contribution in [0.25, 0.3) is 0 Å². The first-order chi connectivity index (χ1) is 16.9. The molecule has 8 heteroatoms. The maximum Gasteiger partial charge on any atom is 0.325 e. The minimum Gasteiger partial charge on any atom is -0.345 e. The monoisotopic (exact) mass is 470 g/mol. The second-order valence-electron chi connectivity index (χ2n) is 8.32. The molecule has 178 valence electrons. The molecule has 0 radical (unpaired) electrons. The number of urea groups is 1. The van der Waals surface area contributed by atoms with Crippen LogP contribution in [0.3, 0.4) is 0 Å². The third-order valence-electron chi connectivity index (χ3n) is 5.78. The molecule has 3 aromatic rings. The quantitative estimate of drug-likeness (QED) is 0.439. The molecule has 1 aliphatic rings. The summed E-state index contributed by atoms with van der Waals surface area (Å²) in [5, 5.41) is 8.22. The average molecular weight is 471 g/mol. The molecule has 35 heavy (non-hydrogen) atoms. The number of carbonyl (C=O) groups is 4. The lowest BCUT2D eigenvalue weighted by Crippen LogP contribution is -2.39. The normalized spacial score (nSPS) is 15.9. The number of nitrogens with zero attached hydrogens (tertiary/aromatic N) is 1. The lowest BCUT2D eigenvalue weighted by Gasteiger charge is -2.17. The zero-order valence-electron chi connectivity index (χ0n) is 19.2. The molecule has 0 bridgehead atoms. The van der Waals surface area contributed by atoms with E-state index in [2.05, 4.69) is 16.0 Å². The van der Waals surface area contributed by atoms with E-state index in [1.807, 2.05) is 67.6 Å². The first-order valence-corrected chi connectivity index (χ1v) is 11.3. The van der Waals surface area contributed by atoms with Gasteiger partial charge in [-0.05, 0) is 30.2 Å². The zero-order chi connectivity index (χ0) is 24.8. The predicted octanol–water partition coefficient (Wildman–Crippen LogP) is 3.28. The van der Waals surface area contributed by atoms with Crippen molar-refractivity contribution in [3.8, 4) is 0 Å². The Hall–Kier alpha value is -4.46. The Kier molecular flexibility index (Phi) is 7.21. The van der Waals surface area contributed by atoms with E-state index in [0.29, 0.717) is 12.1 Å². The van der Waals surface area contributed by atoms with Crippen molar-refractivity contribution in [3.05, 3.63) is 102 Å². The van der Waals surface area contributed by atoms with Gasteiger partial charge in [-0.15, -0.1) is 0 Å². The molecule has 0 aliphatic carbocycles. The van der Waals surface area contributed by atoms with Gasteiger partial charge in [-0.2, -0.15) is 0 Å². The highest BCUT2D eigenvalue weighted by Crippen LogP contribution is 2.19. The highest BCUT2D eigenvalue weighted by atomic mass is 16.2. The number of carbonyl (C=O) groups excluding carboxylic acids is 4. The molecule has 1 fully saturated rings. The summed E-state index contributed by atoms with van der Waals surface area (Å²) in [6, 6.07) is 23.9. The van der Waals surface area contributed by atoms with E-state index in [9.17, 15) is 19.2 Å². The molecule has 1 heterocycles. The summed E-state index contributed by atoms with van der Waals surface area (Å²) in [5.41, 5.74) is 2.43. The van der Waals surface area contributed by atoms with Crippen LogP contribution in [0.2, 0.25) is 0 Å². The van der Waals surface area contributed by atoms with Crippen molar-refractivity contribution in [2.45, 2.75) is 25.4 Å².